The SMILES string of the molecule is CCn1nnc2c(N3CC(C(=O)Nc4nc(-c5cccnc5)cs4)C3)ncnc21. The minimum absolute atomic E-state index is 0.0455. The highest BCUT2D eigenvalue weighted by molar-refractivity contribution is 7.14. The molecule has 10 nitrogen and oxygen atoms in total. The van der Waals surface area contributed by atoms with Crippen LogP contribution in [0.4, 0.5) is 10.9 Å². The molecule has 29 heavy (non-hydrogen) atoms. The monoisotopic (exact) mass is 407 g/mol. The molecule has 0 spiro atoms. The number of fused-ring (bicyclic) bond motifs is 1. The summed E-state index contributed by atoms with van der Waals surface area (Å²) < 4.78 is 1.73. The van der Waals surface area contributed by atoms with Crippen LogP contribution in [0.15, 0.2) is 36.2 Å². The second-order valence-electron chi connectivity index (χ2n) is 6.65. The Morgan fingerprint density at radius 1 is 1.34 bits per heavy atom. The van der Waals surface area contributed by atoms with Crippen LogP contribution >= 0.6 is 11.3 Å². The first-order valence-electron chi connectivity index (χ1n) is 9.19. The number of amides is 1. The van der Waals surface area contributed by atoms with Crippen LogP contribution in [0.3, 0.4) is 0 Å². The van der Waals surface area contributed by atoms with Gasteiger partial charge in [0.2, 0.25) is 5.91 Å². The van der Waals surface area contributed by atoms with Crippen LogP contribution < -0.4 is 10.2 Å². The highest BCUT2D eigenvalue weighted by Crippen LogP contribution is 2.29. The average Bonchev–Trinajstić information content (AvgIpc) is 3.35. The summed E-state index contributed by atoms with van der Waals surface area (Å²) in [4.78, 5) is 31.8. The lowest BCUT2D eigenvalue weighted by atomic mass is 9.99. The van der Waals surface area contributed by atoms with E-state index >= 15 is 0 Å². The van der Waals surface area contributed by atoms with Crippen molar-refractivity contribution in [1.29, 1.82) is 0 Å². The third-order valence-electron chi connectivity index (χ3n) is 4.82. The number of anilines is 2. The number of nitrogens with one attached hydrogen (secondary N) is 1. The zero-order valence-corrected chi connectivity index (χ0v) is 16.4. The fourth-order valence-corrected chi connectivity index (χ4v) is 3.95. The predicted octanol–water partition coefficient (Wildman–Crippen LogP) is 1.83. The number of aromatic nitrogens is 7. The molecule has 5 heterocycles. The second kappa shape index (κ2) is 7.17. The number of nitrogens with zero attached hydrogens (tertiary/aromatic N) is 8. The highest BCUT2D eigenvalue weighted by Gasteiger charge is 2.35. The van der Waals surface area contributed by atoms with Crippen LogP contribution in [0.25, 0.3) is 22.4 Å². The molecular formula is C18H17N9OS. The van der Waals surface area contributed by atoms with Crippen molar-refractivity contribution in [1.82, 2.24) is 34.9 Å². The van der Waals surface area contributed by atoms with Gasteiger partial charge in [-0.05, 0) is 19.1 Å². The molecule has 0 unspecified atom stereocenters. The molecule has 0 bridgehead atoms. The third kappa shape index (κ3) is 3.18. The summed E-state index contributed by atoms with van der Waals surface area (Å²) in [6.07, 6.45) is 4.98. The minimum atomic E-state index is -0.132. The predicted molar refractivity (Wildman–Crippen MR) is 108 cm³/mol. The largest absolute Gasteiger partial charge is 0.353 e. The van der Waals surface area contributed by atoms with E-state index in [9.17, 15) is 4.79 Å². The van der Waals surface area contributed by atoms with Gasteiger partial charge in [-0.2, -0.15) is 0 Å². The maximum atomic E-state index is 12.6. The molecule has 1 amide bonds. The number of rotatable bonds is 5. The molecule has 4 aromatic heterocycles. The molecule has 5 rings (SSSR count). The van der Waals surface area contributed by atoms with Gasteiger partial charge in [0.05, 0.1) is 11.6 Å². The normalized spacial score (nSPS) is 14.2. The van der Waals surface area contributed by atoms with Gasteiger partial charge < -0.3 is 10.2 Å². The fourth-order valence-electron chi connectivity index (χ4n) is 3.23. The number of carbonyl (C=O) groups is 1. The number of thiazole rings is 1. The van der Waals surface area contributed by atoms with Crippen molar-refractivity contribution in [2.24, 2.45) is 5.92 Å². The van der Waals surface area contributed by atoms with Gasteiger partial charge in [-0.25, -0.2) is 19.6 Å². The topological polar surface area (TPSA) is 115 Å². The summed E-state index contributed by atoms with van der Waals surface area (Å²) in [5, 5.41) is 13.7. The number of hydrogen-bond donors (Lipinski definition) is 1. The minimum Gasteiger partial charge on any atom is -0.353 e. The van der Waals surface area contributed by atoms with E-state index in [2.05, 4.69) is 35.6 Å². The number of carbonyl (C=O) groups excluding carboxylic acids is 1. The Bertz CT molecular complexity index is 1170. The molecular weight excluding hydrogens is 390 g/mol. The molecule has 11 heteroatoms. The zero-order valence-electron chi connectivity index (χ0n) is 15.6. The van der Waals surface area contributed by atoms with Gasteiger partial charge in [0.1, 0.15) is 6.33 Å². The fraction of sp³-hybridized carbons (Fsp3) is 0.278. The van der Waals surface area contributed by atoms with E-state index in [0.717, 1.165) is 11.3 Å². The third-order valence-corrected chi connectivity index (χ3v) is 5.58. The quantitative estimate of drug-likeness (QED) is 0.533. The smallest absolute Gasteiger partial charge is 0.232 e. The van der Waals surface area contributed by atoms with E-state index in [1.54, 1.807) is 17.1 Å². The first-order valence-corrected chi connectivity index (χ1v) is 10.1. The van der Waals surface area contributed by atoms with Gasteiger partial charge in [-0.1, -0.05) is 5.21 Å². The Kier molecular flexibility index (Phi) is 4.35. The molecule has 0 aliphatic carbocycles. The molecule has 0 saturated carbocycles. The highest BCUT2D eigenvalue weighted by atomic mass is 32.1. The van der Waals surface area contributed by atoms with Crippen molar-refractivity contribution < 1.29 is 4.79 Å². The van der Waals surface area contributed by atoms with Gasteiger partial charge in [-0.15, -0.1) is 16.4 Å². The number of pyridine rings is 1. The Labute approximate surface area is 169 Å². The average molecular weight is 407 g/mol. The molecule has 0 atom stereocenters. The molecule has 1 N–H and O–H groups in total. The molecule has 4 aromatic rings. The Morgan fingerprint density at radius 3 is 3.03 bits per heavy atom. The van der Waals surface area contributed by atoms with Crippen LogP contribution in [0, 0.1) is 5.92 Å². The lowest BCUT2D eigenvalue weighted by molar-refractivity contribution is -0.120. The van der Waals surface area contributed by atoms with Crippen molar-refractivity contribution in [3.05, 3.63) is 36.2 Å². The van der Waals surface area contributed by atoms with Gasteiger partial charge in [0.15, 0.2) is 22.1 Å². The molecule has 0 aromatic carbocycles. The van der Waals surface area contributed by atoms with Crippen molar-refractivity contribution in [3.8, 4) is 11.3 Å². The van der Waals surface area contributed by atoms with Crippen molar-refractivity contribution in [2.75, 3.05) is 23.3 Å². The van der Waals surface area contributed by atoms with Crippen molar-refractivity contribution in [2.45, 2.75) is 13.5 Å². The summed E-state index contributed by atoms with van der Waals surface area (Å²) in [6, 6.07) is 3.80. The van der Waals surface area contributed by atoms with Gasteiger partial charge in [0, 0.05) is 43.0 Å². The van der Waals surface area contributed by atoms with Crippen LogP contribution in [0.5, 0.6) is 0 Å². The van der Waals surface area contributed by atoms with E-state index in [0.29, 0.717) is 41.7 Å². The Hall–Kier alpha value is -3.47. The summed E-state index contributed by atoms with van der Waals surface area (Å²) in [7, 11) is 0. The lowest BCUT2D eigenvalue weighted by Crippen LogP contribution is -2.52. The molecule has 1 fully saturated rings. The molecule has 0 radical (unpaired) electrons. The zero-order chi connectivity index (χ0) is 19.8. The lowest BCUT2D eigenvalue weighted by Gasteiger charge is -2.38. The first-order chi connectivity index (χ1) is 14.2. The van der Waals surface area contributed by atoms with Gasteiger partial charge in [-0.3, -0.25) is 9.78 Å². The van der Waals surface area contributed by atoms with Crippen molar-refractivity contribution >= 4 is 39.4 Å². The standard InChI is InChI=1S/C18H17N9OS/c1-2-27-16-14(24-25-27)15(20-10-21-16)26-7-12(8-26)17(28)23-18-22-13(9-29-18)11-4-3-5-19-6-11/h3-6,9-10,12H,2,7-8H2,1H3,(H,22,23,28). The van der Waals surface area contributed by atoms with Crippen molar-refractivity contribution in [3.63, 3.8) is 0 Å². The molecule has 1 saturated heterocycles. The van der Waals surface area contributed by atoms with E-state index < -0.39 is 0 Å². The second-order valence-corrected chi connectivity index (χ2v) is 7.50. The summed E-state index contributed by atoms with van der Waals surface area (Å²) in [6.45, 7) is 3.81. The van der Waals surface area contributed by atoms with Crippen LogP contribution in [-0.2, 0) is 11.3 Å². The Balaban J connectivity index is 1.24. The van der Waals surface area contributed by atoms with Crippen LogP contribution in [0.1, 0.15) is 6.92 Å². The molecule has 1 aliphatic heterocycles. The first kappa shape index (κ1) is 17.6. The Morgan fingerprint density at radius 2 is 2.24 bits per heavy atom. The van der Waals surface area contributed by atoms with Gasteiger partial charge >= 0.3 is 0 Å². The van der Waals surface area contributed by atoms with E-state index in [1.165, 1.54) is 17.7 Å². The van der Waals surface area contributed by atoms with E-state index in [4.69, 9.17) is 0 Å². The van der Waals surface area contributed by atoms with E-state index in [-0.39, 0.29) is 11.8 Å². The molecule has 146 valence electrons. The van der Waals surface area contributed by atoms with Crippen LogP contribution in [-0.4, -0.2) is 53.9 Å². The summed E-state index contributed by atoms with van der Waals surface area (Å²) in [5.74, 6) is 0.537. The van der Waals surface area contributed by atoms with Crippen LogP contribution in [0.2, 0.25) is 0 Å². The van der Waals surface area contributed by atoms with E-state index in [1.807, 2.05) is 29.3 Å². The number of hydrogen-bond acceptors (Lipinski definition) is 9. The summed E-state index contributed by atoms with van der Waals surface area (Å²) in [5.41, 5.74) is 3.09. The maximum Gasteiger partial charge on any atom is 0.232 e. The molecule has 1 aliphatic rings. The summed E-state index contributed by atoms with van der Waals surface area (Å²) >= 11 is 1.40. The number of aryl methyl sites for hydroxylation is 1. The van der Waals surface area contributed by atoms with Gasteiger partial charge in [0.25, 0.3) is 0 Å². The maximum absolute atomic E-state index is 12.6.